The molecule has 1 amide bonds. The van der Waals surface area contributed by atoms with Crippen LogP contribution in [0.2, 0.25) is 0 Å². The molecular weight excluding hydrogens is 434 g/mol. The van der Waals surface area contributed by atoms with Crippen molar-refractivity contribution in [1.82, 2.24) is 9.78 Å². The molecule has 0 radical (unpaired) electrons. The zero-order valence-corrected chi connectivity index (χ0v) is 19.7. The van der Waals surface area contributed by atoms with Crippen LogP contribution in [0.1, 0.15) is 40.2 Å². The highest BCUT2D eigenvalue weighted by Crippen LogP contribution is 2.23. The van der Waals surface area contributed by atoms with E-state index in [-0.39, 0.29) is 6.10 Å². The molecule has 1 aromatic heterocycles. The number of esters is 1. The Balaban J connectivity index is 1.30. The first-order valence-electron chi connectivity index (χ1n) is 11.4. The molecule has 4 rings (SSSR count). The summed E-state index contributed by atoms with van der Waals surface area (Å²) in [5, 5.41) is 7.34. The SMILES string of the molecule is Cc1ccc(-n2nc(C)c(NC(=O)COC(=O)c3ccc(OCC4CCCO4)cc3)c2C)cc1. The van der Waals surface area contributed by atoms with Gasteiger partial charge in [-0.15, -0.1) is 0 Å². The van der Waals surface area contributed by atoms with Crippen molar-refractivity contribution in [3.8, 4) is 11.4 Å². The standard InChI is InChI=1S/C26H29N3O5/c1-17-6-10-21(11-7-17)29-19(3)25(18(2)28-29)27-24(30)16-34-26(31)20-8-12-22(13-9-20)33-15-23-5-4-14-32-23/h6-13,23H,4-5,14-16H2,1-3H3,(H,27,30). The third-order valence-electron chi connectivity index (χ3n) is 5.72. The molecule has 1 atom stereocenters. The summed E-state index contributed by atoms with van der Waals surface area (Å²) in [4.78, 5) is 24.8. The molecular formula is C26H29N3O5. The lowest BCUT2D eigenvalue weighted by Crippen LogP contribution is -2.21. The van der Waals surface area contributed by atoms with Gasteiger partial charge in [0.25, 0.3) is 5.91 Å². The van der Waals surface area contributed by atoms with E-state index < -0.39 is 18.5 Å². The maximum atomic E-state index is 12.5. The summed E-state index contributed by atoms with van der Waals surface area (Å²) in [7, 11) is 0. The Morgan fingerprint density at radius 2 is 1.82 bits per heavy atom. The number of hydrogen-bond donors (Lipinski definition) is 1. The summed E-state index contributed by atoms with van der Waals surface area (Å²) in [6.07, 6.45) is 2.18. The van der Waals surface area contributed by atoms with E-state index in [1.807, 2.05) is 45.0 Å². The Morgan fingerprint density at radius 1 is 1.09 bits per heavy atom. The number of anilines is 1. The number of ether oxygens (including phenoxy) is 3. The molecule has 0 saturated carbocycles. The third kappa shape index (κ3) is 5.63. The van der Waals surface area contributed by atoms with Gasteiger partial charge in [0.2, 0.25) is 0 Å². The van der Waals surface area contributed by atoms with Crippen molar-refractivity contribution in [2.24, 2.45) is 0 Å². The monoisotopic (exact) mass is 463 g/mol. The number of hydrogen-bond acceptors (Lipinski definition) is 6. The first-order valence-corrected chi connectivity index (χ1v) is 11.4. The molecule has 3 aromatic rings. The van der Waals surface area contributed by atoms with E-state index in [0.29, 0.717) is 29.3 Å². The molecule has 1 unspecified atom stereocenters. The number of nitrogens with one attached hydrogen (secondary N) is 1. The predicted octanol–water partition coefficient (Wildman–Crippen LogP) is 4.15. The first-order chi connectivity index (χ1) is 16.4. The maximum absolute atomic E-state index is 12.5. The molecule has 1 saturated heterocycles. The van der Waals surface area contributed by atoms with Crippen LogP contribution in [0.25, 0.3) is 5.69 Å². The minimum Gasteiger partial charge on any atom is -0.491 e. The number of nitrogens with zero attached hydrogens (tertiary/aromatic N) is 2. The molecule has 0 bridgehead atoms. The number of amides is 1. The van der Waals surface area contributed by atoms with Crippen LogP contribution in [0.15, 0.2) is 48.5 Å². The van der Waals surface area contributed by atoms with Gasteiger partial charge in [-0.25, -0.2) is 9.48 Å². The molecule has 178 valence electrons. The fourth-order valence-electron chi connectivity index (χ4n) is 3.80. The topological polar surface area (TPSA) is 91.7 Å². The minimum absolute atomic E-state index is 0.124. The van der Waals surface area contributed by atoms with Gasteiger partial charge in [-0.3, -0.25) is 4.79 Å². The summed E-state index contributed by atoms with van der Waals surface area (Å²) >= 11 is 0. The lowest BCUT2D eigenvalue weighted by molar-refractivity contribution is -0.119. The van der Waals surface area contributed by atoms with Gasteiger partial charge in [-0.1, -0.05) is 17.7 Å². The van der Waals surface area contributed by atoms with Crippen LogP contribution in [0.3, 0.4) is 0 Å². The predicted molar refractivity (Wildman–Crippen MR) is 128 cm³/mol. The van der Waals surface area contributed by atoms with E-state index in [1.165, 1.54) is 0 Å². The van der Waals surface area contributed by atoms with Crippen LogP contribution in [-0.4, -0.2) is 47.6 Å². The summed E-state index contributed by atoms with van der Waals surface area (Å²) in [5.74, 6) is -0.356. The molecule has 1 aliphatic rings. The van der Waals surface area contributed by atoms with Crippen LogP contribution in [0, 0.1) is 20.8 Å². The molecule has 1 N–H and O–H groups in total. The molecule has 0 aliphatic carbocycles. The quantitative estimate of drug-likeness (QED) is 0.505. The number of carbonyl (C=O) groups is 2. The Kier molecular flexibility index (Phi) is 7.27. The Morgan fingerprint density at radius 3 is 2.50 bits per heavy atom. The van der Waals surface area contributed by atoms with Crippen molar-refractivity contribution < 1.29 is 23.8 Å². The Labute approximate surface area is 198 Å². The molecule has 8 heteroatoms. The van der Waals surface area contributed by atoms with Crippen LogP contribution in [-0.2, 0) is 14.3 Å². The van der Waals surface area contributed by atoms with Gasteiger partial charge in [-0.2, -0.15) is 5.10 Å². The van der Waals surface area contributed by atoms with Gasteiger partial charge < -0.3 is 19.5 Å². The number of benzene rings is 2. The van der Waals surface area contributed by atoms with Gasteiger partial charge in [0.1, 0.15) is 12.4 Å². The molecule has 34 heavy (non-hydrogen) atoms. The van der Waals surface area contributed by atoms with Crippen molar-refractivity contribution in [2.75, 3.05) is 25.1 Å². The van der Waals surface area contributed by atoms with Crippen LogP contribution in [0.5, 0.6) is 5.75 Å². The van der Waals surface area contributed by atoms with E-state index >= 15 is 0 Å². The highest BCUT2D eigenvalue weighted by Gasteiger charge is 2.18. The van der Waals surface area contributed by atoms with E-state index in [0.717, 1.165) is 36.4 Å². The number of carbonyl (C=O) groups excluding carboxylic acids is 2. The molecule has 0 spiro atoms. The lowest BCUT2D eigenvalue weighted by atomic mass is 10.2. The maximum Gasteiger partial charge on any atom is 0.338 e. The lowest BCUT2D eigenvalue weighted by Gasteiger charge is -2.11. The fourth-order valence-corrected chi connectivity index (χ4v) is 3.80. The minimum atomic E-state index is -0.579. The molecule has 1 fully saturated rings. The second kappa shape index (κ2) is 10.5. The summed E-state index contributed by atoms with van der Waals surface area (Å²) in [6, 6.07) is 14.6. The number of aryl methyl sites for hydroxylation is 2. The van der Waals surface area contributed by atoms with Crippen molar-refractivity contribution >= 4 is 17.6 Å². The zero-order valence-electron chi connectivity index (χ0n) is 19.7. The van der Waals surface area contributed by atoms with Crippen molar-refractivity contribution in [1.29, 1.82) is 0 Å². The van der Waals surface area contributed by atoms with Gasteiger partial charge in [0, 0.05) is 6.61 Å². The average Bonchev–Trinajstić information content (AvgIpc) is 3.46. The third-order valence-corrected chi connectivity index (χ3v) is 5.72. The second-order valence-electron chi connectivity index (χ2n) is 8.39. The summed E-state index contributed by atoms with van der Waals surface area (Å²) < 4.78 is 18.2. The van der Waals surface area contributed by atoms with Gasteiger partial charge in [-0.05, 0) is 70.0 Å². The Hall–Kier alpha value is -3.65. The van der Waals surface area contributed by atoms with Crippen LogP contribution >= 0.6 is 0 Å². The van der Waals surface area contributed by atoms with Gasteiger partial charge >= 0.3 is 5.97 Å². The van der Waals surface area contributed by atoms with Crippen LogP contribution in [0.4, 0.5) is 5.69 Å². The highest BCUT2D eigenvalue weighted by atomic mass is 16.5. The normalized spacial score (nSPS) is 15.2. The fraction of sp³-hybridized carbons (Fsp3) is 0.346. The largest absolute Gasteiger partial charge is 0.491 e. The van der Waals surface area contributed by atoms with E-state index in [4.69, 9.17) is 14.2 Å². The molecule has 1 aliphatic heterocycles. The summed E-state index contributed by atoms with van der Waals surface area (Å²) in [5.41, 5.74) is 4.48. The summed E-state index contributed by atoms with van der Waals surface area (Å²) in [6.45, 7) is 6.59. The smallest absolute Gasteiger partial charge is 0.338 e. The van der Waals surface area contributed by atoms with Gasteiger partial charge in [0.05, 0.1) is 34.4 Å². The van der Waals surface area contributed by atoms with E-state index in [9.17, 15) is 9.59 Å². The van der Waals surface area contributed by atoms with Crippen molar-refractivity contribution in [2.45, 2.75) is 39.7 Å². The van der Waals surface area contributed by atoms with Crippen molar-refractivity contribution in [3.05, 3.63) is 71.0 Å². The number of rotatable bonds is 8. The molecule has 8 nitrogen and oxygen atoms in total. The highest BCUT2D eigenvalue weighted by molar-refractivity contribution is 5.96. The van der Waals surface area contributed by atoms with Gasteiger partial charge in [0.15, 0.2) is 6.61 Å². The van der Waals surface area contributed by atoms with Crippen molar-refractivity contribution in [3.63, 3.8) is 0 Å². The van der Waals surface area contributed by atoms with E-state index in [2.05, 4.69) is 10.4 Å². The molecule has 2 heterocycles. The molecule has 2 aromatic carbocycles. The average molecular weight is 464 g/mol. The first kappa shape index (κ1) is 23.5. The zero-order chi connectivity index (χ0) is 24.1. The van der Waals surface area contributed by atoms with E-state index in [1.54, 1.807) is 28.9 Å². The Bertz CT molecular complexity index is 1150. The van der Waals surface area contributed by atoms with Crippen LogP contribution < -0.4 is 10.1 Å². The second-order valence-corrected chi connectivity index (χ2v) is 8.39. The number of aromatic nitrogens is 2.